The summed E-state index contributed by atoms with van der Waals surface area (Å²) in [4.78, 5) is 0. The van der Waals surface area contributed by atoms with Crippen LogP contribution in [0.4, 0.5) is 0 Å². The monoisotopic (exact) mass is 478 g/mol. The smallest absolute Gasteiger partial charge is 0.159 e. The van der Waals surface area contributed by atoms with Crippen molar-refractivity contribution in [3.8, 4) is 22.6 Å². The summed E-state index contributed by atoms with van der Waals surface area (Å²) >= 11 is 12.0. The molecule has 0 unspecified atom stereocenters. The van der Waals surface area contributed by atoms with Gasteiger partial charge in [0.05, 0.1) is 13.1 Å². The Labute approximate surface area is 204 Å². The van der Waals surface area contributed by atoms with Gasteiger partial charge in [-0.2, -0.15) is 0 Å². The van der Waals surface area contributed by atoms with Gasteiger partial charge in [0.25, 0.3) is 0 Å². The maximum Gasteiger partial charge on any atom is 0.159 e. The normalized spacial score (nSPS) is 11.5. The summed E-state index contributed by atoms with van der Waals surface area (Å²) in [7, 11) is 0. The molecule has 2 aromatic carbocycles. The van der Waals surface area contributed by atoms with Crippen LogP contribution in [0.1, 0.15) is 11.5 Å². The third-order valence-corrected chi connectivity index (χ3v) is 6.10. The third kappa shape index (κ3) is 5.69. The van der Waals surface area contributed by atoms with Gasteiger partial charge in [-0.05, 0) is 84.9 Å². The van der Waals surface area contributed by atoms with E-state index < -0.39 is 0 Å². The van der Waals surface area contributed by atoms with Crippen LogP contribution in [0.2, 0.25) is 10.0 Å². The van der Waals surface area contributed by atoms with Gasteiger partial charge in [-0.3, -0.25) is 0 Å². The lowest BCUT2D eigenvalue weighted by Crippen LogP contribution is -2.46. The van der Waals surface area contributed by atoms with Crippen molar-refractivity contribution < 1.29 is 13.3 Å². The zero-order chi connectivity index (χ0) is 23.3. The van der Waals surface area contributed by atoms with Crippen molar-refractivity contribution >= 4 is 23.2 Å². The van der Waals surface area contributed by atoms with Gasteiger partial charge in [0.2, 0.25) is 0 Å². The van der Waals surface area contributed by atoms with E-state index in [1.165, 1.54) is 0 Å². The van der Waals surface area contributed by atoms with E-state index in [-0.39, 0.29) is 0 Å². The average Bonchev–Trinajstić information content (AvgIpc) is 3.45. The Balaban J connectivity index is 1.58. The van der Waals surface area contributed by atoms with E-state index in [9.17, 15) is 0 Å². The first-order valence-electron chi connectivity index (χ1n) is 10.8. The number of hydrogen-bond donors (Lipinski definition) is 0. The Bertz CT molecular complexity index is 1120. The highest BCUT2D eigenvalue weighted by atomic mass is 35.5. The average molecular weight is 479 g/mol. The number of rotatable bonds is 10. The van der Waals surface area contributed by atoms with Gasteiger partial charge in [0.1, 0.15) is 24.6 Å². The number of quaternary nitrogens is 1. The van der Waals surface area contributed by atoms with Gasteiger partial charge in [-0.15, -0.1) is 0 Å². The van der Waals surface area contributed by atoms with E-state index in [4.69, 9.17) is 32.0 Å². The summed E-state index contributed by atoms with van der Waals surface area (Å²) in [5, 5.41) is 1.41. The van der Waals surface area contributed by atoms with Crippen LogP contribution in [0.3, 0.4) is 0 Å². The largest absolute Gasteiger partial charge is 0.455 e. The molecule has 5 heteroatoms. The molecule has 0 radical (unpaired) electrons. The molecule has 4 aromatic rings. The van der Waals surface area contributed by atoms with Crippen molar-refractivity contribution in [2.24, 2.45) is 0 Å². The van der Waals surface area contributed by atoms with Crippen molar-refractivity contribution in [3.63, 3.8) is 0 Å². The van der Waals surface area contributed by atoms with Crippen molar-refractivity contribution in [3.05, 3.63) is 120 Å². The first-order chi connectivity index (χ1) is 16.0. The van der Waals surface area contributed by atoms with E-state index in [1.807, 2.05) is 84.9 Å². The van der Waals surface area contributed by atoms with Crippen LogP contribution >= 0.6 is 23.2 Å². The Kier molecular flexibility index (Phi) is 7.24. The molecule has 0 atom stereocenters. The van der Waals surface area contributed by atoms with Crippen LogP contribution < -0.4 is 0 Å². The summed E-state index contributed by atoms with van der Waals surface area (Å²) < 4.78 is 13.1. The minimum atomic E-state index is 0.661. The molecule has 0 fully saturated rings. The number of nitrogens with zero attached hydrogens (tertiary/aromatic N) is 1. The highest BCUT2D eigenvalue weighted by molar-refractivity contribution is 6.30. The van der Waals surface area contributed by atoms with Crippen molar-refractivity contribution in [2.45, 2.75) is 13.1 Å². The first kappa shape index (κ1) is 23.2. The van der Waals surface area contributed by atoms with Gasteiger partial charge in [-0.1, -0.05) is 36.4 Å². The van der Waals surface area contributed by atoms with Crippen LogP contribution in [0, 0.1) is 0 Å². The molecule has 0 saturated carbocycles. The molecule has 0 aliphatic carbocycles. The van der Waals surface area contributed by atoms with Crippen LogP contribution in [-0.2, 0) is 13.1 Å². The Morgan fingerprint density at radius 1 is 0.606 bits per heavy atom. The molecule has 2 aromatic heterocycles. The molecule has 0 N–H and O–H groups in total. The molecule has 2 heterocycles. The molecule has 0 saturated heterocycles. The van der Waals surface area contributed by atoms with Crippen LogP contribution in [0.15, 0.2) is 107 Å². The zero-order valence-corrected chi connectivity index (χ0v) is 19.9. The minimum absolute atomic E-state index is 0.661. The summed E-state index contributed by atoms with van der Waals surface area (Å²) in [5.74, 6) is 3.43. The number of halogens is 2. The SMILES string of the molecule is C=CC[N+](CC=C)(Cc1ccc(-c2ccc(Cl)cc2)o1)Cc1ccc(-c2ccc(Cl)cc2)o1. The van der Waals surface area contributed by atoms with Gasteiger partial charge in [0.15, 0.2) is 11.5 Å². The predicted molar refractivity (Wildman–Crippen MR) is 136 cm³/mol. The van der Waals surface area contributed by atoms with Crippen LogP contribution in [0.5, 0.6) is 0 Å². The molecule has 0 bridgehead atoms. The summed E-state index contributed by atoms with van der Waals surface area (Å²) in [6.45, 7) is 10.9. The van der Waals surface area contributed by atoms with E-state index in [1.54, 1.807) is 0 Å². The molecule has 0 spiro atoms. The highest BCUT2D eigenvalue weighted by Gasteiger charge is 2.29. The van der Waals surface area contributed by atoms with E-state index in [0.29, 0.717) is 27.6 Å². The molecular formula is C28H26Cl2NO2+. The summed E-state index contributed by atoms with van der Waals surface area (Å²) in [6.07, 6.45) is 3.88. The van der Waals surface area contributed by atoms with Gasteiger partial charge in [0, 0.05) is 21.2 Å². The second kappa shape index (κ2) is 10.3. The minimum Gasteiger partial charge on any atom is -0.455 e. The zero-order valence-electron chi connectivity index (χ0n) is 18.3. The fourth-order valence-corrected chi connectivity index (χ4v) is 4.31. The molecule has 33 heavy (non-hydrogen) atoms. The van der Waals surface area contributed by atoms with Crippen LogP contribution in [0.25, 0.3) is 22.6 Å². The lowest BCUT2D eigenvalue weighted by atomic mass is 10.2. The second-order valence-corrected chi connectivity index (χ2v) is 9.02. The Morgan fingerprint density at radius 2 is 1.00 bits per heavy atom. The topological polar surface area (TPSA) is 26.3 Å². The maximum atomic E-state index is 6.21. The number of hydrogen-bond acceptors (Lipinski definition) is 2. The summed E-state index contributed by atoms with van der Waals surface area (Å²) in [5.41, 5.74) is 1.99. The fourth-order valence-electron chi connectivity index (χ4n) is 4.06. The molecule has 0 amide bonds. The standard InChI is InChI=1S/C28H26Cl2NO2/c1-3-17-31(18-4-2,19-25-13-15-27(32-25)21-5-9-23(29)10-6-21)20-26-14-16-28(33-26)22-7-11-24(30)12-8-22/h3-16H,1-2,17-20H2/q+1. The fraction of sp³-hybridized carbons (Fsp3) is 0.143. The molecule has 3 nitrogen and oxygen atoms in total. The van der Waals surface area contributed by atoms with Gasteiger partial charge >= 0.3 is 0 Å². The Morgan fingerprint density at radius 3 is 1.36 bits per heavy atom. The van der Waals surface area contributed by atoms with Gasteiger partial charge < -0.3 is 13.3 Å². The van der Waals surface area contributed by atoms with E-state index in [0.717, 1.165) is 47.3 Å². The van der Waals surface area contributed by atoms with E-state index in [2.05, 4.69) is 13.2 Å². The Hall–Kier alpha value is -2.98. The predicted octanol–water partition coefficient (Wildman–Crippen LogP) is 8.40. The highest BCUT2D eigenvalue weighted by Crippen LogP contribution is 2.29. The van der Waals surface area contributed by atoms with E-state index >= 15 is 0 Å². The first-order valence-corrected chi connectivity index (χ1v) is 11.5. The molecule has 4 rings (SSSR count). The van der Waals surface area contributed by atoms with Gasteiger partial charge in [-0.25, -0.2) is 0 Å². The lowest BCUT2D eigenvalue weighted by Gasteiger charge is -2.35. The van der Waals surface area contributed by atoms with Crippen LogP contribution in [-0.4, -0.2) is 17.6 Å². The molecule has 0 aliphatic rings. The number of furan rings is 2. The second-order valence-electron chi connectivity index (χ2n) is 8.15. The van der Waals surface area contributed by atoms with Crippen molar-refractivity contribution in [1.82, 2.24) is 0 Å². The summed E-state index contributed by atoms with van der Waals surface area (Å²) in [6, 6.07) is 23.4. The van der Waals surface area contributed by atoms with Crippen molar-refractivity contribution in [2.75, 3.05) is 13.1 Å². The third-order valence-electron chi connectivity index (χ3n) is 5.60. The lowest BCUT2D eigenvalue weighted by molar-refractivity contribution is -0.944. The van der Waals surface area contributed by atoms with Crippen molar-refractivity contribution in [1.29, 1.82) is 0 Å². The molecule has 0 aliphatic heterocycles. The number of benzene rings is 2. The maximum absolute atomic E-state index is 6.21. The molecule has 168 valence electrons. The molecular weight excluding hydrogens is 453 g/mol. The quantitative estimate of drug-likeness (QED) is 0.169.